The van der Waals surface area contributed by atoms with Gasteiger partial charge in [-0.3, -0.25) is 9.59 Å². The molecule has 0 saturated heterocycles. The number of rotatable bonds is 41. The number of unbranched alkanes of at least 4 members (excludes halogenated alkanes) is 23. The molecule has 0 aliphatic rings. The molecule has 0 aliphatic heterocycles. The maximum absolute atomic E-state index is 12.2. The molecule has 0 heterocycles. The van der Waals surface area contributed by atoms with Crippen molar-refractivity contribution in [3.8, 4) is 0 Å². The number of aliphatic hydroxyl groups excluding tert-OH is 1. The van der Waals surface area contributed by atoms with Gasteiger partial charge in [-0.1, -0.05) is 209 Å². The second-order valence-corrected chi connectivity index (χ2v) is 15.1. The average Bonchev–Trinajstić information content (AvgIpc) is 3.17. The molecule has 0 fully saturated rings. The predicted octanol–water partition coefficient (Wildman–Crippen LogP) is 14.7. The maximum atomic E-state index is 12.2. The summed E-state index contributed by atoms with van der Waals surface area (Å²) in [6, 6.07) is 0. The molecule has 54 heavy (non-hydrogen) atoms. The van der Waals surface area contributed by atoms with E-state index in [1.807, 2.05) is 0 Å². The van der Waals surface area contributed by atoms with Crippen molar-refractivity contribution in [3.63, 3.8) is 0 Å². The van der Waals surface area contributed by atoms with Crippen LogP contribution in [0.4, 0.5) is 0 Å². The van der Waals surface area contributed by atoms with Gasteiger partial charge in [0.05, 0.1) is 6.61 Å². The van der Waals surface area contributed by atoms with Crippen LogP contribution < -0.4 is 0 Å². The summed E-state index contributed by atoms with van der Waals surface area (Å²) in [4.78, 5) is 24.4. The summed E-state index contributed by atoms with van der Waals surface area (Å²) in [6.07, 6.45) is 58.7. The second-order valence-electron chi connectivity index (χ2n) is 15.1. The van der Waals surface area contributed by atoms with Gasteiger partial charge in [0.2, 0.25) is 0 Å². The average molecular weight is 755 g/mol. The van der Waals surface area contributed by atoms with E-state index in [2.05, 4.69) is 74.6 Å². The lowest BCUT2D eigenvalue weighted by atomic mass is 10.0. The fraction of sp³-hybridized carbons (Fsp3) is 0.755. The van der Waals surface area contributed by atoms with E-state index in [0.717, 1.165) is 77.0 Å². The topological polar surface area (TPSA) is 72.8 Å². The molecule has 5 heteroatoms. The van der Waals surface area contributed by atoms with E-state index in [-0.39, 0.29) is 25.2 Å². The number of aliphatic hydroxyl groups is 1. The molecular weight excluding hydrogens is 669 g/mol. The predicted molar refractivity (Wildman–Crippen MR) is 233 cm³/mol. The van der Waals surface area contributed by atoms with Crippen LogP contribution in [0.2, 0.25) is 0 Å². The molecule has 0 aromatic heterocycles. The highest BCUT2D eigenvalue weighted by Gasteiger charge is 2.16. The molecule has 1 N–H and O–H groups in total. The molecule has 1 atom stereocenters. The van der Waals surface area contributed by atoms with Gasteiger partial charge in [-0.05, 0) is 57.8 Å². The van der Waals surface area contributed by atoms with Gasteiger partial charge in [-0.2, -0.15) is 0 Å². The van der Waals surface area contributed by atoms with Gasteiger partial charge >= 0.3 is 11.9 Å². The van der Waals surface area contributed by atoms with Crippen molar-refractivity contribution in [2.45, 2.75) is 225 Å². The van der Waals surface area contributed by atoms with E-state index in [1.165, 1.54) is 116 Å². The van der Waals surface area contributed by atoms with Crippen molar-refractivity contribution in [3.05, 3.63) is 60.8 Å². The summed E-state index contributed by atoms with van der Waals surface area (Å²) in [6.45, 7) is 4.01. The third-order valence-corrected chi connectivity index (χ3v) is 9.83. The third-order valence-electron chi connectivity index (χ3n) is 9.83. The largest absolute Gasteiger partial charge is 0.462 e. The minimum atomic E-state index is -0.785. The summed E-state index contributed by atoms with van der Waals surface area (Å²) in [5.74, 6) is -0.623. The minimum absolute atomic E-state index is 0.0829. The summed E-state index contributed by atoms with van der Waals surface area (Å²) < 4.78 is 10.6. The molecule has 0 aromatic rings. The lowest BCUT2D eigenvalue weighted by molar-refractivity contribution is -0.161. The number of hydrogen-bond donors (Lipinski definition) is 1. The summed E-state index contributed by atoms with van der Waals surface area (Å²) >= 11 is 0. The van der Waals surface area contributed by atoms with Crippen molar-refractivity contribution in [2.24, 2.45) is 0 Å². The monoisotopic (exact) mass is 755 g/mol. The van der Waals surface area contributed by atoms with E-state index in [0.29, 0.717) is 12.8 Å². The Balaban J connectivity index is 3.57. The lowest BCUT2D eigenvalue weighted by Crippen LogP contribution is -2.28. The Kier molecular flexibility index (Phi) is 43.0. The standard InChI is InChI=1S/C49H86O5/c1-3-5-7-9-11-13-15-17-19-21-23-24-26-28-30-32-34-36-38-40-42-44-49(52)54-47(45-50)46-53-48(51)43-41-39-37-35-33-31-29-27-25-22-20-18-16-14-12-10-8-6-4-2/h6,8,12,14,18,20,25,27,31,33,47,50H,3-5,7,9-11,13,15-17,19,21-24,26,28-30,32,34-46H2,1-2H3/b8-6-,14-12-,20-18-,27-25-,33-31-/t47-/m0/s1. The molecule has 0 unspecified atom stereocenters. The van der Waals surface area contributed by atoms with Crippen LogP contribution in [0.15, 0.2) is 60.8 Å². The Morgan fingerprint density at radius 1 is 0.444 bits per heavy atom. The number of hydrogen-bond acceptors (Lipinski definition) is 5. The Morgan fingerprint density at radius 2 is 0.796 bits per heavy atom. The Bertz CT molecular complexity index is 946. The second kappa shape index (κ2) is 45.0. The van der Waals surface area contributed by atoms with Crippen molar-refractivity contribution in [1.29, 1.82) is 0 Å². The van der Waals surface area contributed by atoms with Crippen molar-refractivity contribution >= 4 is 11.9 Å². The van der Waals surface area contributed by atoms with E-state index < -0.39 is 6.10 Å². The Hall–Kier alpha value is -2.40. The zero-order valence-corrected chi connectivity index (χ0v) is 35.5. The molecule has 0 saturated carbocycles. The van der Waals surface area contributed by atoms with Crippen molar-refractivity contribution < 1.29 is 24.2 Å². The SMILES string of the molecule is CC/C=C\C/C=C\C/C=C\C/C=C\C/C=C\CCCCCC(=O)OC[C@H](CO)OC(=O)CCCCCCCCCCCCCCCCCCCCCCC. The van der Waals surface area contributed by atoms with Crippen LogP contribution in [0.1, 0.15) is 219 Å². The number of carbonyl (C=O) groups is 2. The third kappa shape index (κ3) is 42.3. The summed E-state index contributed by atoms with van der Waals surface area (Å²) in [7, 11) is 0. The van der Waals surface area contributed by atoms with Gasteiger partial charge in [0, 0.05) is 12.8 Å². The molecule has 0 aliphatic carbocycles. The quantitative estimate of drug-likeness (QED) is 0.0382. The Labute approximate surface area is 334 Å². The highest BCUT2D eigenvalue weighted by molar-refractivity contribution is 5.70. The van der Waals surface area contributed by atoms with Gasteiger partial charge in [0.25, 0.3) is 0 Å². The first-order valence-corrected chi connectivity index (χ1v) is 22.8. The fourth-order valence-electron chi connectivity index (χ4n) is 6.41. The molecular formula is C49H86O5. The van der Waals surface area contributed by atoms with Crippen molar-refractivity contribution in [1.82, 2.24) is 0 Å². The van der Waals surface area contributed by atoms with Gasteiger partial charge in [-0.15, -0.1) is 0 Å². The zero-order chi connectivity index (χ0) is 39.3. The van der Waals surface area contributed by atoms with E-state index >= 15 is 0 Å². The normalized spacial score (nSPS) is 12.7. The lowest BCUT2D eigenvalue weighted by Gasteiger charge is -2.15. The molecule has 312 valence electrons. The van der Waals surface area contributed by atoms with Crippen LogP contribution in [-0.2, 0) is 19.1 Å². The number of esters is 2. The molecule has 0 spiro atoms. The Morgan fingerprint density at radius 3 is 1.20 bits per heavy atom. The zero-order valence-electron chi connectivity index (χ0n) is 35.5. The van der Waals surface area contributed by atoms with Crippen LogP contribution in [0, 0.1) is 0 Å². The molecule has 0 amide bonds. The fourth-order valence-corrected chi connectivity index (χ4v) is 6.41. The van der Waals surface area contributed by atoms with Gasteiger partial charge in [0.1, 0.15) is 6.61 Å². The van der Waals surface area contributed by atoms with Crippen LogP contribution in [0.25, 0.3) is 0 Å². The smallest absolute Gasteiger partial charge is 0.306 e. The van der Waals surface area contributed by atoms with Gasteiger partial charge in [0.15, 0.2) is 6.10 Å². The van der Waals surface area contributed by atoms with Crippen LogP contribution in [0.5, 0.6) is 0 Å². The van der Waals surface area contributed by atoms with E-state index in [1.54, 1.807) is 0 Å². The molecule has 5 nitrogen and oxygen atoms in total. The van der Waals surface area contributed by atoms with Crippen LogP contribution in [0.3, 0.4) is 0 Å². The highest BCUT2D eigenvalue weighted by atomic mass is 16.6. The van der Waals surface area contributed by atoms with Gasteiger partial charge < -0.3 is 14.6 Å². The van der Waals surface area contributed by atoms with Crippen LogP contribution >= 0.6 is 0 Å². The number of carbonyl (C=O) groups excluding carboxylic acids is 2. The molecule has 0 radical (unpaired) electrons. The van der Waals surface area contributed by atoms with E-state index in [4.69, 9.17) is 9.47 Å². The summed E-state index contributed by atoms with van der Waals surface area (Å²) in [5, 5.41) is 9.59. The minimum Gasteiger partial charge on any atom is -0.462 e. The molecule has 0 aromatic carbocycles. The first-order chi connectivity index (χ1) is 26.6. The van der Waals surface area contributed by atoms with Crippen LogP contribution in [-0.4, -0.2) is 36.4 Å². The molecule has 0 rings (SSSR count). The van der Waals surface area contributed by atoms with E-state index in [9.17, 15) is 14.7 Å². The number of allylic oxidation sites excluding steroid dienone is 10. The first kappa shape index (κ1) is 51.6. The maximum Gasteiger partial charge on any atom is 0.306 e. The van der Waals surface area contributed by atoms with Gasteiger partial charge in [-0.25, -0.2) is 0 Å². The molecule has 0 bridgehead atoms. The highest BCUT2D eigenvalue weighted by Crippen LogP contribution is 2.16. The first-order valence-electron chi connectivity index (χ1n) is 22.8. The van der Waals surface area contributed by atoms with Crippen molar-refractivity contribution in [2.75, 3.05) is 13.2 Å². The number of ether oxygens (including phenoxy) is 2. The summed E-state index contributed by atoms with van der Waals surface area (Å²) in [5.41, 5.74) is 0.